The van der Waals surface area contributed by atoms with Gasteiger partial charge >= 0.3 is 0 Å². The lowest BCUT2D eigenvalue weighted by molar-refractivity contribution is 0.342. The Bertz CT molecular complexity index is 893. The number of fused-ring (bicyclic) bond motifs is 3. The van der Waals surface area contributed by atoms with E-state index in [9.17, 15) is 0 Å². The molecular weight excluding hydrogens is 364 g/mol. The maximum atomic E-state index is 5.83. The van der Waals surface area contributed by atoms with Crippen LogP contribution < -0.4 is 9.47 Å². The van der Waals surface area contributed by atoms with Gasteiger partial charge in [-0.15, -0.1) is 23.1 Å². The van der Waals surface area contributed by atoms with E-state index in [1.807, 2.05) is 35.6 Å². The van der Waals surface area contributed by atoms with Crippen molar-refractivity contribution in [3.8, 4) is 11.5 Å². The Morgan fingerprint density at radius 2 is 2.00 bits per heavy atom. The van der Waals surface area contributed by atoms with Crippen molar-refractivity contribution in [2.24, 2.45) is 5.92 Å². The minimum absolute atomic E-state index is 0.645. The lowest BCUT2D eigenvalue weighted by Gasteiger charge is -2.18. The molecule has 6 heteroatoms. The minimum Gasteiger partial charge on any atom is -0.497 e. The summed E-state index contributed by atoms with van der Waals surface area (Å²) < 4.78 is 11.0. The van der Waals surface area contributed by atoms with Gasteiger partial charge in [-0.05, 0) is 55.0 Å². The number of aromatic nitrogens is 2. The Labute approximate surface area is 162 Å². The van der Waals surface area contributed by atoms with Gasteiger partial charge in [0.05, 0.1) is 13.7 Å². The molecule has 0 unspecified atom stereocenters. The summed E-state index contributed by atoms with van der Waals surface area (Å²) in [5, 5.41) is 2.38. The van der Waals surface area contributed by atoms with Gasteiger partial charge in [0.1, 0.15) is 27.7 Å². The third-order valence-corrected chi connectivity index (χ3v) is 6.82. The van der Waals surface area contributed by atoms with Gasteiger partial charge in [-0.25, -0.2) is 9.97 Å². The smallest absolute Gasteiger partial charge is 0.128 e. The summed E-state index contributed by atoms with van der Waals surface area (Å²) in [6.45, 7) is 2.98. The predicted molar refractivity (Wildman–Crippen MR) is 108 cm³/mol. The Morgan fingerprint density at radius 3 is 2.81 bits per heavy atom. The van der Waals surface area contributed by atoms with Crippen LogP contribution in [0.25, 0.3) is 10.2 Å². The molecule has 2 heterocycles. The molecule has 0 N–H and O–H groups in total. The fourth-order valence-corrected chi connectivity index (χ4v) is 5.59. The molecule has 0 aliphatic heterocycles. The quantitative estimate of drug-likeness (QED) is 0.339. The molecule has 1 atom stereocenters. The molecule has 4 nitrogen and oxygen atoms in total. The number of ether oxygens (including phenoxy) is 2. The van der Waals surface area contributed by atoms with Crippen LogP contribution in [0.4, 0.5) is 0 Å². The van der Waals surface area contributed by atoms with Crippen LogP contribution in [0.2, 0.25) is 0 Å². The van der Waals surface area contributed by atoms with Gasteiger partial charge in [0.15, 0.2) is 0 Å². The first-order valence-electron chi connectivity index (χ1n) is 8.89. The van der Waals surface area contributed by atoms with Crippen LogP contribution in [-0.4, -0.2) is 29.4 Å². The van der Waals surface area contributed by atoms with Gasteiger partial charge in [0, 0.05) is 16.0 Å². The van der Waals surface area contributed by atoms with Gasteiger partial charge < -0.3 is 9.47 Å². The van der Waals surface area contributed by atoms with E-state index >= 15 is 0 Å². The molecule has 1 aliphatic rings. The summed E-state index contributed by atoms with van der Waals surface area (Å²) in [5.74, 6) is 3.34. The average Bonchev–Trinajstić information content (AvgIpc) is 3.03. The highest BCUT2D eigenvalue weighted by atomic mass is 32.2. The molecular formula is C20H22N2O2S2. The monoisotopic (exact) mass is 386 g/mol. The van der Waals surface area contributed by atoms with Crippen molar-refractivity contribution < 1.29 is 9.47 Å². The van der Waals surface area contributed by atoms with Gasteiger partial charge in [0.2, 0.25) is 0 Å². The average molecular weight is 387 g/mol. The number of nitrogens with zero attached hydrogens (tertiary/aromatic N) is 2. The lowest BCUT2D eigenvalue weighted by atomic mass is 9.89. The van der Waals surface area contributed by atoms with Crippen LogP contribution in [0, 0.1) is 5.92 Å². The van der Waals surface area contributed by atoms with Crippen molar-refractivity contribution in [2.45, 2.75) is 31.2 Å². The summed E-state index contributed by atoms with van der Waals surface area (Å²) in [4.78, 5) is 11.7. The molecule has 136 valence electrons. The third-order valence-electron chi connectivity index (χ3n) is 4.71. The normalized spacial score (nSPS) is 16.5. The Kier molecular flexibility index (Phi) is 5.31. The lowest BCUT2D eigenvalue weighted by Crippen LogP contribution is -2.08. The van der Waals surface area contributed by atoms with Crippen molar-refractivity contribution in [1.82, 2.24) is 9.97 Å². The van der Waals surface area contributed by atoms with Crippen molar-refractivity contribution in [2.75, 3.05) is 19.5 Å². The number of hydrogen-bond acceptors (Lipinski definition) is 6. The van der Waals surface area contributed by atoms with Crippen molar-refractivity contribution in [3.05, 3.63) is 41.0 Å². The second-order valence-corrected chi connectivity index (χ2v) is 8.75. The zero-order valence-electron chi connectivity index (χ0n) is 15.0. The standard InChI is InChI=1S/C20H22N2O2S2/c1-13-3-8-16-17(11-13)26-20-18(16)19(21-12-22-20)25-10-9-24-15-6-4-14(23-2)5-7-15/h4-7,12-13H,3,8-11H2,1-2H3/t13-/m1/s1. The Morgan fingerprint density at radius 1 is 1.19 bits per heavy atom. The van der Waals surface area contributed by atoms with Crippen LogP contribution in [0.5, 0.6) is 11.5 Å². The third kappa shape index (κ3) is 3.67. The summed E-state index contributed by atoms with van der Waals surface area (Å²) in [5.41, 5.74) is 1.49. The van der Waals surface area contributed by atoms with Gasteiger partial charge in [-0.1, -0.05) is 6.92 Å². The van der Waals surface area contributed by atoms with E-state index in [0.29, 0.717) is 6.61 Å². The van der Waals surface area contributed by atoms with Crippen LogP contribution in [0.15, 0.2) is 35.6 Å². The Balaban J connectivity index is 1.42. The van der Waals surface area contributed by atoms with E-state index in [0.717, 1.165) is 39.4 Å². The molecule has 0 saturated heterocycles. The highest BCUT2D eigenvalue weighted by Crippen LogP contribution is 2.40. The molecule has 0 amide bonds. The van der Waals surface area contributed by atoms with Crippen LogP contribution in [-0.2, 0) is 12.8 Å². The zero-order chi connectivity index (χ0) is 17.9. The van der Waals surface area contributed by atoms with E-state index < -0.39 is 0 Å². The number of thioether (sulfide) groups is 1. The molecule has 2 aromatic heterocycles. The topological polar surface area (TPSA) is 44.2 Å². The predicted octanol–water partition coefficient (Wildman–Crippen LogP) is 5.00. The van der Waals surface area contributed by atoms with Crippen LogP contribution in [0.1, 0.15) is 23.8 Å². The minimum atomic E-state index is 0.645. The zero-order valence-corrected chi connectivity index (χ0v) is 16.7. The molecule has 26 heavy (non-hydrogen) atoms. The molecule has 0 bridgehead atoms. The molecule has 4 rings (SSSR count). The summed E-state index contributed by atoms with van der Waals surface area (Å²) >= 11 is 3.61. The number of hydrogen-bond donors (Lipinski definition) is 0. The van der Waals surface area contributed by atoms with Gasteiger partial charge in [-0.3, -0.25) is 0 Å². The summed E-state index contributed by atoms with van der Waals surface area (Å²) in [6, 6.07) is 7.69. The SMILES string of the molecule is COc1ccc(OCCSc2ncnc3sc4c(c23)CC[C@@H](C)C4)cc1. The summed E-state index contributed by atoms with van der Waals surface area (Å²) in [6.07, 6.45) is 5.29. The largest absolute Gasteiger partial charge is 0.497 e. The second kappa shape index (κ2) is 7.84. The second-order valence-electron chi connectivity index (χ2n) is 6.58. The van der Waals surface area contributed by atoms with Gasteiger partial charge in [0.25, 0.3) is 0 Å². The molecule has 0 saturated carbocycles. The fraction of sp³-hybridized carbons (Fsp3) is 0.400. The van der Waals surface area contributed by atoms with Crippen molar-refractivity contribution in [1.29, 1.82) is 0 Å². The molecule has 1 aromatic carbocycles. The first-order chi connectivity index (χ1) is 12.7. The van der Waals surface area contributed by atoms with E-state index in [-0.39, 0.29) is 0 Å². The van der Waals surface area contributed by atoms with Gasteiger partial charge in [-0.2, -0.15) is 0 Å². The number of benzene rings is 1. The molecule has 0 radical (unpaired) electrons. The number of methoxy groups -OCH3 is 1. The van der Waals surface area contributed by atoms with E-state index in [4.69, 9.17) is 9.47 Å². The van der Waals surface area contributed by atoms with E-state index in [2.05, 4.69) is 16.9 Å². The first-order valence-corrected chi connectivity index (χ1v) is 10.7. The Hall–Kier alpha value is -1.79. The number of thiophene rings is 1. The molecule has 3 aromatic rings. The fourth-order valence-electron chi connectivity index (χ4n) is 3.33. The van der Waals surface area contributed by atoms with Crippen LogP contribution >= 0.6 is 23.1 Å². The first kappa shape index (κ1) is 17.6. The maximum Gasteiger partial charge on any atom is 0.128 e. The summed E-state index contributed by atoms with van der Waals surface area (Å²) in [7, 11) is 1.67. The molecule has 0 spiro atoms. The molecule has 1 aliphatic carbocycles. The van der Waals surface area contributed by atoms with E-state index in [1.165, 1.54) is 28.7 Å². The van der Waals surface area contributed by atoms with Crippen molar-refractivity contribution in [3.63, 3.8) is 0 Å². The highest BCUT2D eigenvalue weighted by Gasteiger charge is 2.23. The van der Waals surface area contributed by atoms with E-state index in [1.54, 1.807) is 25.2 Å². The number of aryl methyl sites for hydroxylation is 1. The van der Waals surface area contributed by atoms with Crippen molar-refractivity contribution >= 4 is 33.3 Å². The maximum absolute atomic E-state index is 5.83. The molecule has 0 fully saturated rings. The highest BCUT2D eigenvalue weighted by molar-refractivity contribution is 7.99. The van der Waals surface area contributed by atoms with Crippen LogP contribution in [0.3, 0.4) is 0 Å². The number of rotatable bonds is 6.